The number of thiophene rings is 1. The second-order valence-corrected chi connectivity index (χ2v) is 8.12. The van der Waals surface area contributed by atoms with Crippen LogP contribution < -0.4 is 5.73 Å². The molecule has 2 aromatic rings. The molecule has 2 N–H and O–H groups in total. The van der Waals surface area contributed by atoms with E-state index in [1.807, 2.05) is 29.6 Å². The van der Waals surface area contributed by atoms with E-state index in [0.29, 0.717) is 0 Å². The van der Waals surface area contributed by atoms with Crippen molar-refractivity contribution in [3.8, 4) is 0 Å². The molecule has 0 bridgehead atoms. The van der Waals surface area contributed by atoms with Crippen molar-refractivity contribution in [1.82, 2.24) is 0 Å². The summed E-state index contributed by atoms with van der Waals surface area (Å²) in [5, 5.41) is 3.00. The van der Waals surface area contributed by atoms with Crippen LogP contribution >= 0.6 is 11.3 Å². The van der Waals surface area contributed by atoms with Crippen LogP contribution in [-0.2, 0) is 25.5 Å². The van der Waals surface area contributed by atoms with Crippen LogP contribution in [-0.4, -0.2) is 29.2 Å². The summed E-state index contributed by atoms with van der Waals surface area (Å²) in [6.07, 6.45) is -0.0453. The lowest BCUT2D eigenvalue weighted by atomic mass is 9.96. The van der Waals surface area contributed by atoms with Gasteiger partial charge in [0.05, 0.1) is 12.5 Å². The molecule has 1 aromatic carbocycles. The molecule has 1 heterocycles. The van der Waals surface area contributed by atoms with E-state index < -0.39 is 17.6 Å². The van der Waals surface area contributed by atoms with Crippen molar-refractivity contribution in [2.24, 2.45) is 11.7 Å². The number of fused-ring (bicyclic) bond motifs is 1. The fourth-order valence-corrected chi connectivity index (χ4v) is 3.61. The van der Waals surface area contributed by atoms with Gasteiger partial charge < -0.3 is 10.5 Å². The van der Waals surface area contributed by atoms with Gasteiger partial charge in [0.15, 0.2) is 17.2 Å². The predicted octanol–water partition coefficient (Wildman–Crippen LogP) is 3.28. The molecule has 0 aliphatic heterocycles. The number of ether oxygens (including phenoxy) is 1. The number of nitrogens with two attached hydrogens (primary N) is 1. The Morgan fingerprint density at radius 1 is 1.19 bits per heavy atom. The van der Waals surface area contributed by atoms with Gasteiger partial charge in [-0.25, -0.2) is 0 Å². The third kappa shape index (κ3) is 4.77. The van der Waals surface area contributed by atoms with Crippen LogP contribution in [0.2, 0.25) is 0 Å². The fourth-order valence-electron chi connectivity index (χ4n) is 2.65. The SMILES string of the molecule is CC(C)C(=O)C(N)CC(=O)OC(C)(C)C(=O)Cc1csc2ccccc12. The topological polar surface area (TPSA) is 86.5 Å². The van der Waals surface area contributed by atoms with Crippen molar-refractivity contribution in [1.29, 1.82) is 0 Å². The molecule has 1 aromatic heterocycles. The number of carbonyl (C=O) groups excluding carboxylic acids is 3. The summed E-state index contributed by atoms with van der Waals surface area (Å²) in [5.41, 5.74) is 5.40. The van der Waals surface area contributed by atoms with Crippen LogP contribution in [0.4, 0.5) is 0 Å². The van der Waals surface area contributed by atoms with Crippen LogP contribution in [0.15, 0.2) is 29.6 Å². The Hall–Kier alpha value is -2.05. The molecule has 6 heteroatoms. The van der Waals surface area contributed by atoms with Crippen LogP contribution in [0.5, 0.6) is 0 Å². The third-order valence-corrected chi connectivity index (χ3v) is 5.29. The summed E-state index contributed by atoms with van der Waals surface area (Å²) >= 11 is 1.58. The average Bonchev–Trinajstić information content (AvgIpc) is 2.96. The van der Waals surface area contributed by atoms with E-state index in [-0.39, 0.29) is 30.3 Å². The number of esters is 1. The molecular weight excluding hydrogens is 350 g/mol. The largest absolute Gasteiger partial charge is 0.452 e. The smallest absolute Gasteiger partial charge is 0.308 e. The zero-order valence-corrected chi connectivity index (χ0v) is 16.4. The lowest BCUT2D eigenvalue weighted by Gasteiger charge is -2.24. The van der Waals surface area contributed by atoms with Gasteiger partial charge in [0.2, 0.25) is 0 Å². The highest BCUT2D eigenvalue weighted by molar-refractivity contribution is 7.17. The molecule has 0 amide bonds. The van der Waals surface area contributed by atoms with Crippen molar-refractivity contribution in [3.63, 3.8) is 0 Å². The predicted molar refractivity (Wildman–Crippen MR) is 103 cm³/mol. The monoisotopic (exact) mass is 375 g/mol. The minimum atomic E-state index is -1.28. The van der Waals surface area contributed by atoms with Crippen molar-refractivity contribution in [2.45, 2.75) is 52.2 Å². The molecule has 0 fully saturated rings. The third-order valence-electron chi connectivity index (χ3n) is 4.27. The Balaban J connectivity index is 2.01. The molecule has 0 aliphatic carbocycles. The number of hydrogen-bond acceptors (Lipinski definition) is 6. The van der Waals surface area contributed by atoms with Crippen molar-refractivity contribution in [3.05, 3.63) is 35.2 Å². The molecule has 1 unspecified atom stereocenters. The van der Waals surface area contributed by atoms with Gasteiger partial charge in [-0.2, -0.15) is 0 Å². The summed E-state index contributed by atoms with van der Waals surface area (Å²) < 4.78 is 6.46. The van der Waals surface area contributed by atoms with Gasteiger partial charge in [-0.3, -0.25) is 14.4 Å². The first-order valence-corrected chi connectivity index (χ1v) is 9.49. The van der Waals surface area contributed by atoms with Gasteiger partial charge in [0.1, 0.15) is 0 Å². The van der Waals surface area contributed by atoms with E-state index in [0.717, 1.165) is 15.6 Å². The highest BCUT2D eigenvalue weighted by Gasteiger charge is 2.33. The highest BCUT2D eigenvalue weighted by atomic mass is 32.1. The minimum Gasteiger partial charge on any atom is -0.452 e. The number of Topliss-reactive ketones (excluding diaryl/α,β-unsaturated/α-hetero) is 2. The van der Waals surface area contributed by atoms with Gasteiger partial charge in [0, 0.05) is 17.0 Å². The molecule has 0 spiro atoms. The summed E-state index contributed by atoms with van der Waals surface area (Å²) in [5.74, 6) is -1.28. The Morgan fingerprint density at radius 3 is 2.50 bits per heavy atom. The molecular formula is C20H25NO4S. The van der Waals surface area contributed by atoms with Gasteiger partial charge in [-0.15, -0.1) is 11.3 Å². The maximum absolute atomic E-state index is 12.7. The second kappa shape index (κ2) is 8.10. The molecule has 1 atom stereocenters. The number of carbonyl (C=O) groups is 3. The number of hydrogen-bond donors (Lipinski definition) is 1. The molecule has 5 nitrogen and oxygen atoms in total. The van der Waals surface area contributed by atoms with Crippen molar-refractivity contribution in [2.75, 3.05) is 0 Å². The van der Waals surface area contributed by atoms with E-state index in [4.69, 9.17) is 10.5 Å². The van der Waals surface area contributed by atoms with E-state index in [2.05, 4.69) is 0 Å². The maximum atomic E-state index is 12.7. The molecule has 26 heavy (non-hydrogen) atoms. The zero-order chi connectivity index (χ0) is 19.5. The fraction of sp³-hybridized carbons (Fsp3) is 0.450. The van der Waals surface area contributed by atoms with Gasteiger partial charge in [0.25, 0.3) is 0 Å². The summed E-state index contributed by atoms with van der Waals surface area (Å²) in [4.78, 5) is 36.6. The maximum Gasteiger partial charge on any atom is 0.308 e. The molecule has 0 saturated carbocycles. The first-order chi connectivity index (χ1) is 12.1. The molecule has 0 radical (unpaired) electrons. The summed E-state index contributed by atoms with van der Waals surface area (Å²) in [7, 11) is 0. The first-order valence-electron chi connectivity index (χ1n) is 8.61. The number of rotatable bonds is 8. The van der Waals surface area contributed by atoms with Crippen LogP contribution in [0.3, 0.4) is 0 Å². The Labute approximate surface area is 157 Å². The van der Waals surface area contributed by atoms with Crippen LogP contribution in [0, 0.1) is 5.92 Å². The van der Waals surface area contributed by atoms with Crippen molar-refractivity contribution >= 4 is 39.0 Å². The quantitative estimate of drug-likeness (QED) is 0.716. The van der Waals surface area contributed by atoms with Crippen LogP contribution in [0.25, 0.3) is 10.1 Å². The van der Waals surface area contributed by atoms with Gasteiger partial charge >= 0.3 is 5.97 Å². The van der Waals surface area contributed by atoms with Crippen molar-refractivity contribution < 1.29 is 19.1 Å². The summed E-state index contributed by atoms with van der Waals surface area (Å²) in [6.45, 7) is 6.59. The Bertz CT molecular complexity index is 822. The van der Waals surface area contributed by atoms with E-state index >= 15 is 0 Å². The lowest BCUT2D eigenvalue weighted by molar-refractivity contribution is -0.164. The van der Waals surface area contributed by atoms with Gasteiger partial charge in [-0.05, 0) is 36.2 Å². The molecule has 2 rings (SSSR count). The van der Waals surface area contributed by atoms with E-state index in [1.165, 1.54) is 0 Å². The second-order valence-electron chi connectivity index (χ2n) is 7.21. The highest BCUT2D eigenvalue weighted by Crippen LogP contribution is 2.27. The van der Waals surface area contributed by atoms with E-state index in [1.54, 1.807) is 39.0 Å². The molecule has 140 valence electrons. The molecule has 0 saturated heterocycles. The zero-order valence-electron chi connectivity index (χ0n) is 15.6. The Kier molecular flexibility index (Phi) is 6.31. The minimum absolute atomic E-state index is 0.182. The number of ketones is 2. The lowest BCUT2D eigenvalue weighted by Crippen LogP contribution is -2.41. The first kappa shape index (κ1) is 20.3. The number of benzene rings is 1. The van der Waals surface area contributed by atoms with Crippen LogP contribution in [0.1, 0.15) is 39.7 Å². The summed E-state index contributed by atoms with van der Waals surface area (Å²) in [6, 6.07) is 6.96. The van der Waals surface area contributed by atoms with E-state index in [9.17, 15) is 14.4 Å². The standard InChI is InChI=1S/C20H25NO4S/c1-12(2)19(24)15(21)10-18(23)25-20(3,4)17(22)9-13-11-26-16-8-6-5-7-14(13)16/h5-8,11-12,15H,9-10,21H2,1-4H3. The van der Waals surface area contributed by atoms with Gasteiger partial charge in [-0.1, -0.05) is 32.0 Å². The normalized spacial score (nSPS) is 13.0. The Morgan fingerprint density at radius 2 is 1.85 bits per heavy atom. The molecule has 0 aliphatic rings. The average molecular weight is 375 g/mol.